The van der Waals surface area contributed by atoms with Gasteiger partial charge in [-0.2, -0.15) is 0 Å². The highest BCUT2D eigenvalue weighted by Crippen LogP contribution is 2.24. The van der Waals surface area contributed by atoms with E-state index >= 15 is 0 Å². The van der Waals surface area contributed by atoms with E-state index in [1.54, 1.807) is 0 Å². The molecule has 4 heteroatoms. The summed E-state index contributed by atoms with van der Waals surface area (Å²) in [4.78, 5) is 0. The molecule has 1 aromatic carbocycles. The average Bonchev–Trinajstić information content (AvgIpc) is 2.40. The highest BCUT2D eigenvalue weighted by atomic mass is 32.2. The Kier molecular flexibility index (Phi) is 4.86. The first-order valence-electron chi connectivity index (χ1n) is 7.10. The first-order chi connectivity index (χ1) is 9.08. The molecule has 0 radical (unpaired) electrons. The molecular weight excluding hydrogens is 258 g/mol. The molecule has 0 amide bonds. The SMILES string of the molecule is Cc1cccc(NCCS(=O)(=O)C2CCCCC2)c1. The van der Waals surface area contributed by atoms with Crippen molar-refractivity contribution in [2.45, 2.75) is 44.3 Å². The molecule has 0 heterocycles. The van der Waals surface area contributed by atoms with Gasteiger partial charge in [-0.3, -0.25) is 0 Å². The normalized spacial score (nSPS) is 17.3. The molecule has 2 rings (SSSR count). The highest BCUT2D eigenvalue weighted by molar-refractivity contribution is 7.92. The molecule has 0 spiro atoms. The lowest BCUT2D eigenvalue weighted by Gasteiger charge is -2.21. The molecule has 1 aromatic rings. The van der Waals surface area contributed by atoms with Crippen LogP contribution in [0.5, 0.6) is 0 Å². The quantitative estimate of drug-likeness (QED) is 0.902. The van der Waals surface area contributed by atoms with E-state index in [9.17, 15) is 8.42 Å². The molecule has 0 atom stereocenters. The van der Waals surface area contributed by atoms with Gasteiger partial charge in [-0.05, 0) is 37.5 Å². The Morgan fingerprint density at radius 3 is 2.63 bits per heavy atom. The smallest absolute Gasteiger partial charge is 0.154 e. The minimum absolute atomic E-state index is 0.0967. The van der Waals surface area contributed by atoms with E-state index in [4.69, 9.17) is 0 Å². The van der Waals surface area contributed by atoms with Crippen LogP contribution >= 0.6 is 0 Å². The van der Waals surface area contributed by atoms with Crippen LogP contribution in [0.15, 0.2) is 24.3 Å². The minimum Gasteiger partial charge on any atom is -0.384 e. The van der Waals surface area contributed by atoms with Gasteiger partial charge in [-0.15, -0.1) is 0 Å². The maximum atomic E-state index is 12.2. The minimum atomic E-state index is -2.93. The fourth-order valence-electron chi connectivity index (χ4n) is 2.68. The monoisotopic (exact) mass is 281 g/mol. The lowest BCUT2D eigenvalue weighted by molar-refractivity contribution is 0.484. The summed E-state index contributed by atoms with van der Waals surface area (Å²) in [7, 11) is -2.93. The summed E-state index contributed by atoms with van der Waals surface area (Å²) in [5.41, 5.74) is 2.18. The number of hydrogen-bond acceptors (Lipinski definition) is 3. The average molecular weight is 281 g/mol. The van der Waals surface area contributed by atoms with Gasteiger partial charge in [-0.25, -0.2) is 8.42 Å². The maximum absolute atomic E-state index is 12.2. The predicted octanol–water partition coefficient (Wildman–Crippen LogP) is 3.15. The summed E-state index contributed by atoms with van der Waals surface area (Å²) >= 11 is 0. The van der Waals surface area contributed by atoms with Gasteiger partial charge >= 0.3 is 0 Å². The van der Waals surface area contributed by atoms with Crippen LogP contribution in [0.2, 0.25) is 0 Å². The third-order valence-electron chi connectivity index (χ3n) is 3.79. The number of nitrogens with one attached hydrogen (secondary N) is 1. The van der Waals surface area contributed by atoms with E-state index < -0.39 is 9.84 Å². The lowest BCUT2D eigenvalue weighted by Crippen LogP contribution is -2.29. The van der Waals surface area contributed by atoms with E-state index in [-0.39, 0.29) is 11.0 Å². The summed E-state index contributed by atoms with van der Waals surface area (Å²) < 4.78 is 24.4. The molecule has 19 heavy (non-hydrogen) atoms. The Hall–Kier alpha value is -1.03. The van der Waals surface area contributed by atoms with Gasteiger partial charge in [-0.1, -0.05) is 31.4 Å². The maximum Gasteiger partial charge on any atom is 0.154 e. The molecule has 0 aliphatic heterocycles. The predicted molar refractivity (Wildman–Crippen MR) is 80.3 cm³/mol. The molecule has 1 aliphatic carbocycles. The molecule has 0 aromatic heterocycles. The Morgan fingerprint density at radius 2 is 1.95 bits per heavy atom. The summed E-state index contributed by atoms with van der Waals surface area (Å²) in [6.45, 7) is 2.53. The second-order valence-electron chi connectivity index (χ2n) is 5.42. The van der Waals surface area contributed by atoms with Gasteiger partial charge < -0.3 is 5.32 Å². The first kappa shape index (κ1) is 14.4. The van der Waals surface area contributed by atoms with Crippen LogP contribution < -0.4 is 5.32 Å². The number of hydrogen-bond donors (Lipinski definition) is 1. The van der Waals surface area contributed by atoms with Gasteiger partial charge in [0.25, 0.3) is 0 Å². The van der Waals surface area contributed by atoms with Crippen LogP contribution in [0.4, 0.5) is 5.69 Å². The molecule has 1 fully saturated rings. The summed E-state index contributed by atoms with van der Waals surface area (Å²) in [6.07, 6.45) is 5.03. The Morgan fingerprint density at radius 1 is 1.21 bits per heavy atom. The van der Waals surface area contributed by atoms with Crippen LogP contribution in [0.25, 0.3) is 0 Å². The van der Waals surface area contributed by atoms with Crippen molar-refractivity contribution in [2.75, 3.05) is 17.6 Å². The summed E-state index contributed by atoms with van der Waals surface area (Å²) in [5.74, 6) is 0.242. The van der Waals surface area contributed by atoms with Crippen molar-refractivity contribution in [3.05, 3.63) is 29.8 Å². The van der Waals surface area contributed by atoms with Crippen LogP contribution in [-0.2, 0) is 9.84 Å². The first-order valence-corrected chi connectivity index (χ1v) is 8.81. The second kappa shape index (κ2) is 6.42. The Bertz CT molecular complexity index is 505. The van der Waals surface area contributed by atoms with E-state index in [0.29, 0.717) is 6.54 Å². The van der Waals surface area contributed by atoms with Crippen molar-refractivity contribution < 1.29 is 8.42 Å². The molecule has 0 saturated heterocycles. The second-order valence-corrected chi connectivity index (χ2v) is 7.82. The van der Waals surface area contributed by atoms with Gasteiger partial charge in [0.2, 0.25) is 0 Å². The zero-order valence-electron chi connectivity index (χ0n) is 11.6. The van der Waals surface area contributed by atoms with Crippen LogP contribution in [0.3, 0.4) is 0 Å². The van der Waals surface area contributed by atoms with Crippen molar-refractivity contribution in [2.24, 2.45) is 0 Å². The van der Waals surface area contributed by atoms with Gasteiger partial charge in [0.1, 0.15) is 0 Å². The van der Waals surface area contributed by atoms with Crippen LogP contribution in [0.1, 0.15) is 37.7 Å². The zero-order valence-corrected chi connectivity index (χ0v) is 12.4. The number of sulfone groups is 1. The van der Waals surface area contributed by atoms with Crippen LogP contribution in [0, 0.1) is 6.92 Å². The third kappa shape index (κ3) is 4.23. The topological polar surface area (TPSA) is 46.2 Å². The number of aryl methyl sites for hydroxylation is 1. The molecule has 1 N–H and O–H groups in total. The third-order valence-corrected chi connectivity index (χ3v) is 6.05. The zero-order chi connectivity index (χ0) is 13.7. The van der Waals surface area contributed by atoms with Gasteiger partial charge in [0.05, 0.1) is 11.0 Å². The van der Waals surface area contributed by atoms with E-state index in [0.717, 1.165) is 31.4 Å². The molecule has 1 aliphatic rings. The largest absolute Gasteiger partial charge is 0.384 e. The van der Waals surface area contributed by atoms with Crippen molar-refractivity contribution in [1.29, 1.82) is 0 Å². The van der Waals surface area contributed by atoms with Gasteiger partial charge in [0.15, 0.2) is 9.84 Å². The summed E-state index contributed by atoms with van der Waals surface area (Å²) in [6, 6.07) is 8.02. The highest BCUT2D eigenvalue weighted by Gasteiger charge is 2.26. The Labute approximate surface area is 116 Å². The lowest BCUT2D eigenvalue weighted by atomic mass is 10.0. The van der Waals surface area contributed by atoms with E-state index in [1.165, 1.54) is 12.0 Å². The summed E-state index contributed by atoms with van der Waals surface area (Å²) in [5, 5.41) is 3.10. The number of anilines is 1. The van der Waals surface area contributed by atoms with Crippen molar-refractivity contribution >= 4 is 15.5 Å². The molecule has 106 valence electrons. The molecule has 3 nitrogen and oxygen atoms in total. The van der Waals surface area contributed by atoms with Crippen molar-refractivity contribution in [3.8, 4) is 0 Å². The molecular formula is C15H23NO2S. The fourth-order valence-corrected chi connectivity index (χ4v) is 4.46. The molecule has 0 unspecified atom stereocenters. The number of benzene rings is 1. The number of rotatable bonds is 5. The Balaban J connectivity index is 1.84. The fraction of sp³-hybridized carbons (Fsp3) is 0.600. The molecule has 1 saturated carbocycles. The van der Waals surface area contributed by atoms with Gasteiger partial charge in [0, 0.05) is 12.2 Å². The van der Waals surface area contributed by atoms with Crippen molar-refractivity contribution in [1.82, 2.24) is 0 Å². The standard InChI is InChI=1S/C15H23NO2S/c1-13-6-5-7-14(12-13)16-10-11-19(17,18)15-8-3-2-4-9-15/h5-7,12,15-16H,2-4,8-11H2,1H3. The van der Waals surface area contributed by atoms with E-state index in [1.807, 2.05) is 31.2 Å². The van der Waals surface area contributed by atoms with E-state index in [2.05, 4.69) is 5.32 Å². The van der Waals surface area contributed by atoms with Crippen LogP contribution in [-0.4, -0.2) is 26.0 Å². The molecule has 0 bridgehead atoms. The van der Waals surface area contributed by atoms with Crippen molar-refractivity contribution in [3.63, 3.8) is 0 Å².